The Hall–Kier alpha value is -2.27. The number of nitrogens with zero attached hydrogens (tertiary/aromatic N) is 2. The summed E-state index contributed by atoms with van der Waals surface area (Å²) in [6.07, 6.45) is 5.67. The Labute approximate surface area is 162 Å². The van der Waals surface area contributed by atoms with Crippen LogP contribution in [-0.2, 0) is 0 Å². The first-order valence-electron chi connectivity index (χ1n) is 8.98. The molecule has 0 unspecified atom stereocenters. The van der Waals surface area contributed by atoms with E-state index in [0.29, 0.717) is 0 Å². The van der Waals surface area contributed by atoms with Crippen LogP contribution in [0.15, 0.2) is 53.1 Å². The molecule has 0 radical (unpaired) electrons. The van der Waals surface area contributed by atoms with Crippen LogP contribution < -0.4 is 15.0 Å². The molecular formula is C21H22BrN3O. The lowest BCUT2D eigenvalue weighted by Crippen LogP contribution is -2.29. The van der Waals surface area contributed by atoms with Gasteiger partial charge in [0.15, 0.2) is 0 Å². The molecule has 2 heterocycles. The number of nitrogens with one attached hydrogen (secondary N) is 1. The lowest BCUT2D eigenvalue weighted by molar-refractivity contribution is 0.415. The van der Waals surface area contributed by atoms with Crippen molar-refractivity contribution in [2.24, 2.45) is 0 Å². The molecule has 5 heteroatoms. The number of ether oxygens (including phenoxy) is 1. The summed E-state index contributed by atoms with van der Waals surface area (Å²) < 4.78 is 6.59. The summed E-state index contributed by atoms with van der Waals surface area (Å²) in [5, 5.41) is 4.65. The van der Waals surface area contributed by atoms with Crippen LogP contribution in [0.5, 0.6) is 5.75 Å². The lowest BCUT2D eigenvalue weighted by atomic mass is 10.1. The van der Waals surface area contributed by atoms with Crippen LogP contribution in [0.25, 0.3) is 10.9 Å². The predicted molar refractivity (Wildman–Crippen MR) is 112 cm³/mol. The van der Waals surface area contributed by atoms with Gasteiger partial charge in [0.25, 0.3) is 0 Å². The zero-order valence-electron chi connectivity index (χ0n) is 14.8. The summed E-state index contributed by atoms with van der Waals surface area (Å²) in [5.74, 6) is 0.870. The van der Waals surface area contributed by atoms with E-state index < -0.39 is 0 Å². The average molecular weight is 412 g/mol. The van der Waals surface area contributed by atoms with Gasteiger partial charge in [-0.1, -0.05) is 15.9 Å². The minimum atomic E-state index is 0.870. The van der Waals surface area contributed by atoms with Crippen LogP contribution in [0, 0.1) is 0 Å². The predicted octanol–water partition coefficient (Wildman–Crippen LogP) is 5.74. The number of anilines is 3. The summed E-state index contributed by atoms with van der Waals surface area (Å²) in [6.45, 7) is 2.22. The lowest BCUT2D eigenvalue weighted by Gasteiger charge is -2.29. The minimum absolute atomic E-state index is 0.870. The van der Waals surface area contributed by atoms with Crippen molar-refractivity contribution >= 4 is 43.9 Å². The van der Waals surface area contributed by atoms with E-state index in [0.717, 1.165) is 45.6 Å². The zero-order chi connectivity index (χ0) is 17.9. The summed E-state index contributed by atoms with van der Waals surface area (Å²) in [6, 6.07) is 14.5. The molecule has 134 valence electrons. The molecule has 1 aromatic heterocycles. The van der Waals surface area contributed by atoms with Gasteiger partial charge in [-0.3, -0.25) is 4.98 Å². The first-order valence-corrected chi connectivity index (χ1v) is 9.77. The Bertz CT molecular complexity index is 922. The maximum absolute atomic E-state index is 5.54. The molecule has 4 rings (SSSR count). The number of methoxy groups -OCH3 is 1. The number of halogens is 1. The first kappa shape index (κ1) is 17.2. The molecule has 1 N–H and O–H groups in total. The molecule has 4 nitrogen and oxygen atoms in total. The van der Waals surface area contributed by atoms with Gasteiger partial charge < -0.3 is 15.0 Å². The fourth-order valence-electron chi connectivity index (χ4n) is 3.49. The molecule has 2 aromatic carbocycles. The molecule has 1 fully saturated rings. The molecule has 26 heavy (non-hydrogen) atoms. The van der Waals surface area contributed by atoms with Crippen LogP contribution in [0.2, 0.25) is 0 Å². The van der Waals surface area contributed by atoms with Crippen LogP contribution in [0.3, 0.4) is 0 Å². The normalized spacial score (nSPS) is 14.5. The second kappa shape index (κ2) is 7.54. The van der Waals surface area contributed by atoms with E-state index in [-0.39, 0.29) is 0 Å². The van der Waals surface area contributed by atoms with E-state index in [1.54, 1.807) is 7.11 Å². The van der Waals surface area contributed by atoms with E-state index in [9.17, 15) is 0 Å². The number of hydrogen-bond donors (Lipinski definition) is 1. The number of hydrogen-bond acceptors (Lipinski definition) is 4. The Kier molecular flexibility index (Phi) is 4.98. The van der Waals surface area contributed by atoms with Gasteiger partial charge in [-0.25, -0.2) is 0 Å². The maximum atomic E-state index is 5.54. The summed E-state index contributed by atoms with van der Waals surface area (Å²) in [4.78, 5) is 6.90. The molecule has 0 spiro atoms. The Morgan fingerprint density at radius 3 is 2.69 bits per heavy atom. The van der Waals surface area contributed by atoms with E-state index >= 15 is 0 Å². The Morgan fingerprint density at radius 2 is 1.88 bits per heavy atom. The van der Waals surface area contributed by atoms with Gasteiger partial charge in [-0.15, -0.1) is 0 Å². The Morgan fingerprint density at radius 1 is 1.04 bits per heavy atom. The van der Waals surface area contributed by atoms with Crippen LogP contribution >= 0.6 is 15.9 Å². The van der Waals surface area contributed by atoms with Crippen LogP contribution in [0.1, 0.15) is 19.3 Å². The fraction of sp³-hybridized carbons (Fsp3) is 0.286. The highest BCUT2D eigenvalue weighted by Crippen LogP contribution is 2.33. The van der Waals surface area contributed by atoms with Gasteiger partial charge in [0, 0.05) is 58.3 Å². The summed E-state index contributed by atoms with van der Waals surface area (Å²) >= 11 is 3.56. The van der Waals surface area contributed by atoms with Gasteiger partial charge in [0.05, 0.1) is 12.6 Å². The first-order chi connectivity index (χ1) is 12.7. The summed E-state index contributed by atoms with van der Waals surface area (Å²) in [5.41, 5.74) is 4.25. The van der Waals surface area contributed by atoms with Crippen molar-refractivity contribution < 1.29 is 4.74 Å². The minimum Gasteiger partial charge on any atom is -0.497 e. The number of pyridine rings is 1. The van der Waals surface area contributed by atoms with Crippen molar-refractivity contribution in [3.05, 3.63) is 53.1 Å². The van der Waals surface area contributed by atoms with Crippen molar-refractivity contribution in [3.63, 3.8) is 0 Å². The molecular weight excluding hydrogens is 390 g/mol. The quantitative estimate of drug-likeness (QED) is 0.593. The van der Waals surface area contributed by atoms with Gasteiger partial charge in [0.2, 0.25) is 0 Å². The number of aromatic nitrogens is 1. The van der Waals surface area contributed by atoms with Crippen molar-refractivity contribution in [2.45, 2.75) is 19.3 Å². The maximum Gasteiger partial charge on any atom is 0.123 e. The van der Waals surface area contributed by atoms with E-state index in [2.05, 4.69) is 49.3 Å². The molecule has 0 saturated carbocycles. The van der Waals surface area contributed by atoms with Crippen molar-refractivity contribution in [2.75, 3.05) is 30.4 Å². The zero-order valence-corrected chi connectivity index (χ0v) is 16.4. The monoisotopic (exact) mass is 411 g/mol. The standard InChI is InChI=1S/C21H22BrN3O/c1-26-18-13-16(12-17(14-18)25-9-3-2-4-10-25)24-21-7-8-23-20-6-5-15(22)11-19(20)21/h5-8,11-14H,2-4,9-10H2,1H3,(H,23,24). The fourth-order valence-corrected chi connectivity index (χ4v) is 3.85. The van der Waals surface area contributed by atoms with E-state index in [4.69, 9.17) is 4.74 Å². The molecule has 0 aliphatic carbocycles. The number of benzene rings is 2. The third-order valence-corrected chi connectivity index (χ3v) is 5.32. The second-order valence-electron chi connectivity index (χ2n) is 6.61. The second-order valence-corrected chi connectivity index (χ2v) is 7.53. The smallest absolute Gasteiger partial charge is 0.123 e. The molecule has 0 amide bonds. The number of piperidine rings is 1. The highest BCUT2D eigenvalue weighted by atomic mass is 79.9. The van der Waals surface area contributed by atoms with Crippen LogP contribution in [-0.4, -0.2) is 25.2 Å². The van der Waals surface area contributed by atoms with Gasteiger partial charge in [-0.05, 0) is 49.6 Å². The topological polar surface area (TPSA) is 37.4 Å². The van der Waals surface area contributed by atoms with Crippen molar-refractivity contribution in [1.29, 1.82) is 0 Å². The molecule has 1 aliphatic rings. The molecule has 0 atom stereocenters. The third kappa shape index (κ3) is 3.63. The Balaban J connectivity index is 1.70. The van der Waals surface area contributed by atoms with Crippen LogP contribution in [0.4, 0.5) is 17.1 Å². The third-order valence-electron chi connectivity index (χ3n) is 4.83. The largest absolute Gasteiger partial charge is 0.497 e. The molecule has 1 saturated heterocycles. The van der Waals surface area contributed by atoms with E-state index in [1.165, 1.54) is 24.9 Å². The number of rotatable bonds is 4. The molecule has 0 bridgehead atoms. The highest BCUT2D eigenvalue weighted by Gasteiger charge is 2.13. The number of fused-ring (bicyclic) bond motifs is 1. The SMILES string of the molecule is COc1cc(Nc2ccnc3ccc(Br)cc23)cc(N2CCCCC2)c1. The molecule has 3 aromatic rings. The van der Waals surface area contributed by atoms with E-state index in [1.807, 2.05) is 30.5 Å². The van der Waals surface area contributed by atoms with Gasteiger partial charge in [0.1, 0.15) is 5.75 Å². The molecule has 1 aliphatic heterocycles. The van der Waals surface area contributed by atoms with Gasteiger partial charge in [-0.2, -0.15) is 0 Å². The van der Waals surface area contributed by atoms with Crippen molar-refractivity contribution in [1.82, 2.24) is 4.98 Å². The highest BCUT2D eigenvalue weighted by molar-refractivity contribution is 9.10. The van der Waals surface area contributed by atoms with Gasteiger partial charge >= 0.3 is 0 Å². The summed E-state index contributed by atoms with van der Waals surface area (Å²) in [7, 11) is 1.72. The average Bonchev–Trinajstić information content (AvgIpc) is 2.69. The van der Waals surface area contributed by atoms with Crippen molar-refractivity contribution in [3.8, 4) is 5.75 Å².